The quantitative estimate of drug-likeness (QED) is 0.311. The highest BCUT2D eigenvalue weighted by atomic mass is 79.9. The molecule has 1 saturated heterocycles. The molecular formula is C25H25BrClN5O4S2. The Morgan fingerprint density at radius 3 is 2.50 bits per heavy atom. The molecule has 0 radical (unpaired) electrons. The van der Waals surface area contributed by atoms with Crippen molar-refractivity contribution in [3.05, 3.63) is 70.3 Å². The van der Waals surface area contributed by atoms with E-state index in [1.807, 2.05) is 30.3 Å². The number of hydrogen-bond acceptors (Lipinski definition) is 7. The summed E-state index contributed by atoms with van der Waals surface area (Å²) in [7, 11) is -7.17. The SMILES string of the molecule is CS(=O)(=O)c1ccc(S(=O)(=O)N2CCCC(CNc3cc(-c4ccccc4Cl)nc4c(Br)cnn34)C2)cc1. The summed E-state index contributed by atoms with van der Waals surface area (Å²) in [6.07, 6.45) is 4.35. The van der Waals surface area contributed by atoms with Crippen molar-refractivity contribution in [2.75, 3.05) is 31.2 Å². The van der Waals surface area contributed by atoms with Crippen molar-refractivity contribution in [3.8, 4) is 11.3 Å². The van der Waals surface area contributed by atoms with E-state index in [1.165, 1.54) is 28.6 Å². The summed E-state index contributed by atoms with van der Waals surface area (Å²) < 4.78 is 54.0. The van der Waals surface area contributed by atoms with Crippen molar-refractivity contribution >= 4 is 58.9 Å². The van der Waals surface area contributed by atoms with Crippen LogP contribution in [0.2, 0.25) is 5.02 Å². The second-order valence-electron chi connectivity index (χ2n) is 9.23. The van der Waals surface area contributed by atoms with Crippen molar-refractivity contribution in [2.45, 2.75) is 22.6 Å². The van der Waals surface area contributed by atoms with Gasteiger partial charge in [-0.15, -0.1) is 0 Å². The highest BCUT2D eigenvalue weighted by molar-refractivity contribution is 9.10. The van der Waals surface area contributed by atoms with Gasteiger partial charge in [0.1, 0.15) is 5.82 Å². The van der Waals surface area contributed by atoms with Crippen LogP contribution < -0.4 is 5.32 Å². The first-order valence-electron chi connectivity index (χ1n) is 11.9. The van der Waals surface area contributed by atoms with E-state index in [9.17, 15) is 16.8 Å². The van der Waals surface area contributed by atoms with Gasteiger partial charge in [-0.05, 0) is 65.0 Å². The molecular weight excluding hydrogens is 614 g/mol. The van der Waals surface area contributed by atoms with Crippen LogP contribution in [0.5, 0.6) is 0 Å². The Morgan fingerprint density at radius 2 is 1.79 bits per heavy atom. The van der Waals surface area contributed by atoms with Crippen molar-refractivity contribution in [1.29, 1.82) is 0 Å². The summed E-state index contributed by atoms with van der Waals surface area (Å²) in [6.45, 7) is 1.28. The van der Waals surface area contributed by atoms with Crippen LogP contribution in [0.25, 0.3) is 16.9 Å². The van der Waals surface area contributed by atoms with Gasteiger partial charge in [0.05, 0.1) is 26.2 Å². The number of hydrogen-bond donors (Lipinski definition) is 1. The average Bonchev–Trinajstić information content (AvgIpc) is 3.28. The van der Waals surface area contributed by atoms with Gasteiger partial charge in [0.2, 0.25) is 10.0 Å². The summed E-state index contributed by atoms with van der Waals surface area (Å²) >= 11 is 9.94. The van der Waals surface area contributed by atoms with E-state index in [0.29, 0.717) is 41.8 Å². The summed E-state index contributed by atoms with van der Waals surface area (Å²) in [5.74, 6) is 0.770. The fourth-order valence-corrected chi connectivity index (χ4v) is 7.30. The van der Waals surface area contributed by atoms with E-state index in [0.717, 1.165) is 29.1 Å². The van der Waals surface area contributed by atoms with Crippen LogP contribution in [-0.4, -0.2) is 61.6 Å². The van der Waals surface area contributed by atoms with Crippen LogP contribution in [0.3, 0.4) is 0 Å². The van der Waals surface area contributed by atoms with Gasteiger partial charge in [0, 0.05) is 42.5 Å². The Bertz CT molecular complexity index is 1710. The third kappa shape index (κ3) is 5.46. The largest absolute Gasteiger partial charge is 0.370 e. The van der Waals surface area contributed by atoms with E-state index < -0.39 is 19.9 Å². The molecule has 0 aliphatic carbocycles. The molecule has 13 heteroatoms. The minimum Gasteiger partial charge on any atom is -0.370 e. The lowest BCUT2D eigenvalue weighted by Gasteiger charge is -2.32. The highest BCUT2D eigenvalue weighted by Crippen LogP contribution is 2.31. The molecule has 1 aliphatic heterocycles. The lowest BCUT2D eigenvalue weighted by molar-refractivity contribution is 0.275. The van der Waals surface area contributed by atoms with Gasteiger partial charge in [-0.1, -0.05) is 29.8 Å². The third-order valence-electron chi connectivity index (χ3n) is 6.52. The van der Waals surface area contributed by atoms with Crippen LogP contribution in [0.1, 0.15) is 12.8 Å². The van der Waals surface area contributed by atoms with Gasteiger partial charge in [-0.3, -0.25) is 0 Å². The molecule has 5 rings (SSSR count). The fourth-order valence-electron chi connectivity index (χ4n) is 4.54. The molecule has 3 heterocycles. The number of aromatic nitrogens is 3. The molecule has 2 aromatic heterocycles. The van der Waals surface area contributed by atoms with Crippen LogP contribution in [0.4, 0.5) is 5.82 Å². The number of nitrogens with one attached hydrogen (secondary N) is 1. The molecule has 0 spiro atoms. The van der Waals surface area contributed by atoms with Crippen molar-refractivity contribution in [2.24, 2.45) is 5.92 Å². The molecule has 1 aliphatic rings. The van der Waals surface area contributed by atoms with E-state index in [2.05, 4.69) is 26.3 Å². The number of rotatable bonds is 7. The summed E-state index contributed by atoms with van der Waals surface area (Å²) in [5.41, 5.74) is 2.12. The van der Waals surface area contributed by atoms with Crippen molar-refractivity contribution in [3.63, 3.8) is 0 Å². The minimum absolute atomic E-state index is 0.0554. The number of sulfone groups is 1. The Balaban J connectivity index is 1.35. The van der Waals surface area contributed by atoms with Crippen LogP contribution in [-0.2, 0) is 19.9 Å². The number of piperidine rings is 1. The zero-order chi connectivity index (χ0) is 27.1. The van der Waals surface area contributed by atoms with Gasteiger partial charge in [0.25, 0.3) is 0 Å². The first kappa shape index (κ1) is 27.1. The topological polar surface area (TPSA) is 114 Å². The van der Waals surface area contributed by atoms with E-state index in [1.54, 1.807) is 10.7 Å². The zero-order valence-electron chi connectivity index (χ0n) is 20.4. The number of fused-ring (bicyclic) bond motifs is 1. The second-order valence-corrected chi connectivity index (χ2v) is 14.4. The summed E-state index contributed by atoms with van der Waals surface area (Å²) in [4.78, 5) is 4.89. The van der Waals surface area contributed by atoms with E-state index in [-0.39, 0.29) is 15.7 Å². The van der Waals surface area contributed by atoms with Gasteiger partial charge >= 0.3 is 0 Å². The maximum atomic E-state index is 13.3. The van der Waals surface area contributed by atoms with E-state index in [4.69, 9.17) is 16.6 Å². The lowest BCUT2D eigenvalue weighted by atomic mass is 10.00. The molecule has 1 unspecified atom stereocenters. The van der Waals surface area contributed by atoms with Crippen LogP contribution >= 0.6 is 27.5 Å². The standard InChI is InChI=1S/C25H25BrClN5O4S2/c1-37(33,34)18-8-10-19(11-9-18)38(35,36)31-12-4-5-17(16-31)14-28-24-13-23(20-6-2-3-7-22(20)27)30-25-21(26)15-29-32(24)25/h2-3,6-11,13,15,17,28H,4-5,12,14,16H2,1H3. The molecule has 9 nitrogen and oxygen atoms in total. The maximum Gasteiger partial charge on any atom is 0.243 e. The average molecular weight is 639 g/mol. The van der Waals surface area contributed by atoms with Crippen molar-refractivity contribution < 1.29 is 16.8 Å². The number of nitrogens with zero attached hydrogens (tertiary/aromatic N) is 4. The first-order valence-corrected chi connectivity index (χ1v) is 16.4. The predicted octanol–water partition coefficient (Wildman–Crippen LogP) is 4.73. The fraction of sp³-hybridized carbons (Fsp3) is 0.280. The molecule has 4 aromatic rings. The van der Waals surface area contributed by atoms with E-state index >= 15 is 0 Å². The van der Waals surface area contributed by atoms with Gasteiger partial charge in [-0.2, -0.15) is 13.9 Å². The monoisotopic (exact) mass is 637 g/mol. The zero-order valence-corrected chi connectivity index (χ0v) is 24.4. The Morgan fingerprint density at radius 1 is 1.08 bits per heavy atom. The molecule has 1 N–H and O–H groups in total. The highest BCUT2D eigenvalue weighted by Gasteiger charge is 2.30. The smallest absolute Gasteiger partial charge is 0.243 e. The third-order valence-corrected chi connectivity index (χ3v) is 10.4. The molecule has 200 valence electrons. The second kappa shape index (κ2) is 10.6. The molecule has 0 amide bonds. The molecule has 0 saturated carbocycles. The number of sulfonamides is 1. The molecule has 38 heavy (non-hydrogen) atoms. The maximum absolute atomic E-state index is 13.3. The molecule has 1 atom stereocenters. The number of halogens is 2. The predicted molar refractivity (Wildman–Crippen MR) is 151 cm³/mol. The molecule has 1 fully saturated rings. The Hall–Kier alpha value is -2.51. The lowest BCUT2D eigenvalue weighted by Crippen LogP contribution is -2.41. The normalized spacial score (nSPS) is 17.1. The van der Waals surface area contributed by atoms with Gasteiger partial charge < -0.3 is 5.32 Å². The Kier molecular flexibility index (Phi) is 7.53. The summed E-state index contributed by atoms with van der Waals surface area (Å²) in [6, 6.07) is 14.7. The molecule has 2 aromatic carbocycles. The van der Waals surface area contributed by atoms with Crippen LogP contribution in [0, 0.1) is 5.92 Å². The first-order chi connectivity index (χ1) is 18.0. The number of benzene rings is 2. The minimum atomic E-state index is -3.76. The Labute approximate surface area is 234 Å². The molecule has 0 bridgehead atoms. The number of anilines is 1. The van der Waals surface area contributed by atoms with Gasteiger partial charge in [0.15, 0.2) is 15.5 Å². The van der Waals surface area contributed by atoms with Gasteiger partial charge in [-0.25, -0.2) is 21.8 Å². The summed E-state index contributed by atoms with van der Waals surface area (Å²) in [5, 5.41) is 8.45. The van der Waals surface area contributed by atoms with Crippen molar-refractivity contribution in [1.82, 2.24) is 18.9 Å². The van der Waals surface area contributed by atoms with Crippen LogP contribution in [0.15, 0.2) is 75.1 Å².